The molecule has 1 aromatic rings. The average molecular weight is 366 g/mol. The number of rotatable bonds is 5. The van der Waals surface area contributed by atoms with E-state index in [9.17, 15) is 18.0 Å². The lowest BCUT2D eigenvalue weighted by molar-refractivity contribution is -0.133. The van der Waals surface area contributed by atoms with Crippen molar-refractivity contribution in [2.75, 3.05) is 26.7 Å². The van der Waals surface area contributed by atoms with Crippen molar-refractivity contribution in [1.29, 1.82) is 0 Å². The molecule has 1 heterocycles. The van der Waals surface area contributed by atoms with E-state index >= 15 is 0 Å². The zero-order valence-electron chi connectivity index (χ0n) is 15.2. The maximum Gasteiger partial charge on any atom is 0.243 e. The van der Waals surface area contributed by atoms with Gasteiger partial charge in [-0.15, -0.1) is 0 Å². The van der Waals surface area contributed by atoms with Crippen molar-refractivity contribution >= 4 is 21.7 Å². The number of hydrogen-bond acceptors (Lipinski definition) is 4. The molecule has 1 aliphatic rings. The molecule has 0 saturated carbocycles. The molecular weight excluding hydrogens is 340 g/mol. The average Bonchev–Trinajstić information content (AvgIpc) is 2.53. The topological polar surface area (TPSA) is 74.8 Å². The Balaban J connectivity index is 2.09. The minimum absolute atomic E-state index is 0.0770. The van der Waals surface area contributed by atoms with Crippen molar-refractivity contribution in [1.82, 2.24) is 9.21 Å². The smallest absolute Gasteiger partial charge is 0.243 e. The van der Waals surface area contributed by atoms with Crippen molar-refractivity contribution in [2.24, 2.45) is 11.8 Å². The highest BCUT2D eigenvalue weighted by molar-refractivity contribution is 7.89. The van der Waals surface area contributed by atoms with Crippen LogP contribution in [0.2, 0.25) is 0 Å². The number of carbonyl (C=O) groups excluding carboxylic acids is 2. The molecule has 0 spiro atoms. The zero-order chi connectivity index (χ0) is 18.8. The third-order valence-corrected chi connectivity index (χ3v) is 6.37. The Hall–Kier alpha value is -1.73. The highest BCUT2D eigenvalue weighted by Gasteiger charge is 2.29. The second-order valence-corrected chi connectivity index (χ2v) is 9.13. The molecular formula is C18H26N2O4S. The molecule has 2 rings (SSSR count). The van der Waals surface area contributed by atoms with Crippen LogP contribution in [0.4, 0.5) is 0 Å². The molecule has 1 aromatic carbocycles. The van der Waals surface area contributed by atoms with E-state index in [-0.39, 0.29) is 23.1 Å². The highest BCUT2D eigenvalue weighted by atomic mass is 32.2. The lowest BCUT2D eigenvalue weighted by Crippen LogP contribution is -2.47. The summed E-state index contributed by atoms with van der Waals surface area (Å²) in [6.45, 7) is 6.79. The van der Waals surface area contributed by atoms with Crippen LogP contribution in [0.25, 0.3) is 0 Å². The first kappa shape index (κ1) is 19.6. The zero-order valence-corrected chi connectivity index (χ0v) is 16.0. The van der Waals surface area contributed by atoms with Gasteiger partial charge < -0.3 is 4.90 Å². The van der Waals surface area contributed by atoms with Crippen LogP contribution >= 0.6 is 0 Å². The number of hydrogen-bond donors (Lipinski definition) is 0. The van der Waals surface area contributed by atoms with Crippen LogP contribution in [0.3, 0.4) is 0 Å². The van der Waals surface area contributed by atoms with Gasteiger partial charge in [0.15, 0.2) is 5.78 Å². The number of Topliss-reactive ketones (excluding diaryl/α,β-unsaturated/α-hetero) is 1. The molecule has 138 valence electrons. The number of amides is 1. The van der Waals surface area contributed by atoms with Crippen LogP contribution < -0.4 is 0 Å². The van der Waals surface area contributed by atoms with Crippen LogP contribution in [0, 0.1) is 11.8 Å². The Labute approximate surface area is 149 Å². The summed E-state index contributed by atoms with van der Waals surface area (Å²) in [5.74, 6) is 0.549. The number of nitrogens with zero attached hydrogens (tertiary/aromatic N) is 2. The summed E-state index contributed by atoms with van der Waals surface area (Å²) in [5, 5.41) is 0. The Kier molecular flexibility index (Phi) is 6.00. The monoisotopic (exact) mass is 366 g/mol. The summed E-state index contributed by atoms with van der Waals surface area (Å²) in [5.41, 5.74) is 0.453. The van der Waals surface area contributed by atoms with Crippen LogP contribution in [-0.2, 0) is 14.8 Å². The first-order valence-corrected chi connectivity index (χ1v) is 9.90. The standard InChI is InChI=1S/C18H26N2O4S/c1-13-9-14(2)11-20(10-13)18(22)12-19(4)25(23,24)17-7-5-16(6-8-17)15(3)21/h5-8,13-14H,9-12H2,1-4H3. The molecule has 0 aliphatic carbocycles. The molecule has 0 bridgehead atoms. The molecule has 0 aromatic heterocycles. The first-order chi connectivity index (χ1) is 11.6. The summed E-state index contributed by atoms with van der Waals surface area (Å²) < 4.78 is 26.3. The first-order valence-electron chi connectivity index (χ1n) is 8.46. The van der Waals surface area contributed by atoms with E-state index < -0.39 is 10.0 Å². The van der Waals surface area contributed by atoms with E-state index in [1.807, 2.05) is 0 Å². The van der Waals surface area contributed by atoms with Crippen LogP contribution in [0.5, 0.6) is 0 Å². The van der Waals surface area contributed by atoms with Crippen LogP contribution in [0.1, 0.15) is 37.6 Å². The van der Waals surface area contributed by atoms with Crippen molar-refractivity contribution < 1.29 is 18.0 Å². The summed E-state index contributed by atoms with van der Waals surface area (Å²) in [4.78, 5) is 25.6. The molecule has 0 radical (unpaired) electrons. The van der Waals surface area contributed by atoms with Gasteiger partial charge in [0.05, 0.1) is 11.4 Å². The fourth-order valence-electron chi connectivity index (χ4n) is 3.28. The SMILES string of the molecule is CC(=O)c1ccc(S(=O)(=O)N(C)CC(=O)N2CC(C)CC(C)C2)cc1. The number of likely N-dealkylation sites (N-methyl/N-ethyl adjacent to an activating group) is 1. The van der Waals surface area contributed by atoms with Crippen molar-refractivity contribution in [2.45, 2.75) is 32.1 Å². The third-order valence-electron chi connectivity index (χ3n) is 4.55. The maximum absolute atomic E-state index is 12.6. The Morgan fingerprint density at radius 3 is 2.12 bits per heavy atom. The van der Waals surface area contributed by atoms with Gasteiger partial charge in [0.1, 0.15) is 0 Å². The second-order valence-electron chi connectivity index (χ2n) is 7.09. The number of piperidine rings is 1. The largest absolute Gasteiger partial charge is 0.341 e. The van der Waals surface area contributed by atoms with E-state index in [0.717, 1.165) is 10.7 Å². The van der Waals surface area contributed by atoms with E-state index in [4.69, 9.17) is 0 Å². The van der Waals surface area contributed by atoms with Gasteiger partial charge in [0.2, 0.25) is 15.9 Å². The molecule has 6 nitrogen and oxygen atoms in total. The summed E-state index contributed by atoms with van der Waals surface area (Å²) >= 11 is 0. The van der Waals surface area contributed by atoms with E-state index in [0.29, 0.717) is 30.5 Å². The Bertz CT molecular complexity index is 733. The van der Waals surface area contributed by atoms with Gasteiger partial charge in [0, 0.05) is 25.7 Å². The van der Waals surface area contributed by atoms with Gasteiger partial charge >= 0.3 is 0 Å². The van der Waals surface area contributed by atoms with Crippen molar-refractivity contribution in [3.05, 3.63) is 29.8 Å². The van der Waals surface area contributed by atoms with E-state index in [1.165, 1.54) is 38.2 Å². The molecule has 7 heteroatoms. The number of sulfonamides is 1. The molecule has 1 amide bonds. The molecule has 2 atom stereocenters. The fraction of sp³-hybridized carbons (Fsp3) is 0.556. The van der Waals surface area contributed by atoms with Gasteiger partial charge in [-0.1, -0.05) is 26.0 Å². The van der Waals surface area contributed by atoms with Crippen LogP contribution in [0.15, 0.2) is 29.2 Å². The number of benzene rings is 1. The molecule has 25 heavy (non-hydrogen) atoms. The molecule has 1 fully saturated rings. The summed E-state index contributed by atoms with van der Waals surface area (Å²) in [6.07, 6.45) is 1.08. The third kappa shape index (κ3) is 4.67. The normalized spacial score (nSPS) is 21.4. The van der Waals surface area contributed by atoms with Crippen molar-refractivity contribution in [3.63, 3.8) is 0 Å². The lowest BCUT2D eigenvalue weighted by atomic mass is 9.92. The van der Waals surface area contributed by atoms with Gasteiger partial charge in [-0.05, 0) is 37.3 Å². The van der Waals surface area contributed by atoms with Gasteiger partial charge in [0.25, 0.3) is 0 Å². The summed E-state index contributed by atoms with van der Waals surface area (Å²) in [6, 6.07) is 5.77. The summed E-state index contributed by atoms with van der Waals surface area (Å²) in [7, 11) is -2.36. The highest BCUT2D eigenvalue weighted by Crippen LogP contribution is 2.22. The quantitative estimate of drug-likeness (QED) is 0.747. The molecule has 1 saturated heterocycles. The molecule has 2 unspecified atom stereocenters. The minimum atomic E-state index is -3.77. The Morgan fingerprint density at radius 2 is 1.64 bits per heavy atom. The fourth-order valence-corrected chi connectivity index (χ4v) is 4.40. The number of ketones is 1. The van der Waals surface area contributed by atoms with E-state index in [1.54, 1.807) is 4.90 Å². The van der Waals surface area contributed by atoms with Gasteiger partial charge in [-0.3, -0.25) is 9.59 Å². The predicted molar refractivity (Wildman–Crippen MR) is 95.8 cm³/mol. The van der Waals surface area contributed by atoms with Gasteiger partial charge in [-0.25, -0.2) is 8.42 Å². The minimum Gasteiger partial charge on any atom is -0.341 e. The number of carbonyl (C=O) groups is 2. The lowest BCUT2D eigenvalue weighted by Gasteiger charge is -2.35. The predicted octanol–water partition coefficient (Wildman–Crippen LogP) is 2.01. The van der Waals surface area contributed by atoms with Crippen molar-refractivity contribution in [3.8, 4) is 0 Å². The van der Waals surface area contributed by atoms with Gasteiger partial charge in [-0.2, -0.15) is 4.31 Å². The second kappa shape index (κ2) is 7.66. The van der Waals surface area contributed by atoms with Crippen LogP contribution in [-0.4, -0.2) is 56.0 Å². The number of likely N-dealkylation sites (tertiary alicyclic amines) is 1. The van der Waals surface area contributed by atoms with E-state index in [2.05, 4.69) is 13.8 Å². The maximum atomic E-state index is 12.6. The molecule has 1 aliphatic heterocycles. The Morgan fingerprint density at radius 1 is 1.12 bits per heavy atom. The molecule has 0 N–H and O–H groups in total.